The van der Waals surface area contributed by atoms with E-state index < -0.39 is 16.6 Å². The number of hydrogen-bond donors (Lipinski definition) is 0. The predicted molar refractivity (Wildman–Crippen MR) is 77.0 cm³/mol. The van der Waals surface area contributed by atoms with Crippen LogP contribution in [0.5, 0.6) is 0 Å². The molecule has 5 atom stereocenters. The van der Waals surface area contributed by atoms with Crippen molar-refractivity contribution in [1.29, 1.82) is 0 Å². The molecular weight excluding hydrogens is 296 g/mol. The quantitative estimate of drug-likeness (QED) is 0.642. The lowest BCUT2D eigenvalue weighted by molar-refractivity contribution is -0.386. The molecule has 0 aromatic rings. The van der Waals surface area contributed by atoms with Crippen LogP contribution in [0.2, 0.25) is 0 Å². The Balaban J connectivity index is 1.50. The first kappa shape index (κ1) is 13.2. The van der Waals surface area contributed by atoms with Crippen molar-refractivity contribution in [3.63, 3.8) is 0 Å². The number of rotatable bonds is 0. The van der Waals surface area contributed by atoms with Gasteiger partial charge in [0.05, 0.1) is 16.9 Å². The maximum atomic E-state index is 13.2. The Morgan fingerprint density at radius 1 is 0.870 bits per heavy atom. The normalized spacial score (nSPS) is 54.8. The molecule has 124 valence electrons. The van der Waals surface area contributed by atoms with Crippen LogP contribution in [0.3, 0.4) is 0 Å². The first-order valence-corrected chi connectivity index (χ1v) is 9.24. The zero-order chi connectivity index (χ0) is 15.5. The fraction of sp³-hybridized carbons (Fsp3) is 0.889. The van der Waals surface area contributed by atoms with Crippen LogP contribution in [0.25, 0.3) is 0 Å². The van der Waals surface area contributed by atoms with Gasteiger partial charge in [-0.25, -0.2) is 0 Å². The Kier molecular flexibility index (Phi) is 2.07. The van der Waals surface area contributed by atoms with Gasteiger partial charge in [-0.3, -0.25) is 9.59 Å². The highest BCUT2D eigenvalue weighted by Gasteiger charge is 2.99. The van der Waals surface area contributed by atoms with Gasteiger partial charge in [0.1, 0.15) is 11.5 Å². The molecule has 0 radical (unpaired) electrons. The van der Waals surface area contributed by atoms with Gasteiger partial charge in [-0.1, -0.05) is 19.3 Å². The zero-order valence-electron chi connectivity index (χ0n) is 13.3. The highest BCUT2D eigenvalue weighted by Crippen LogP contribution is 2.88. The van der Waals surface area contributed by atoms with Crippen molar-refractivity contribution >= 4 is 11.9 Å². The highest BCUT2D eigenvalue weighted by molar-refractivity contribution is 5.98. The monoisotopic (exact) mass is 318 g/mol. The smallest absolute Gasteiger partial charge is 0.318 e. The summed E-state index contributed by atoms with van der Waals surface area (Å²) in [6.45, 7) is 0. The summed E-state index contributed by atoms with van der Waals surface area (Å²) in [6, 6.07) is 0. The van der Waals surface area contributed by atoms with Crippen molar-refractivity contribution in [2.75, 3.05) is 0 Å². The van der Waals surface area contributed by atoms with Crippen LogP contribution < -0.4 is 0 Å². The predicted octanol–water partition coefficient (Wildman–Crippen LogP) is 2.46. The van der Waals surface area contributed by atoms with E-state index in [2.05, 4.69) is 0 Å². The van der Waals surface area contributed by atoms with Crippen LogP contribution in [0, 0.1) is 16.2 Å². The third-order valence-electron chi connectivity index (χ3n) is 8.13. The maximum Gasteiger partial charge on any atom is 0.318 e. The highest BCUT2D eigenvalue weighted by atomic mass is 16.7. The molecule has 2 aliphatic heterocycles. The number of hydrogen-bond acceptors (Lipinski definition) is 5. The van der Waals surface area contributed by atoms with Gasteiger partial charge < -0.3 is 14.2 Å². The van der Waals surface area contributed by atoms with Gasteiger partial charge >= 0.3 is 11.9 Å². The summed E-state index contributed by atoms with van der Waals surface area (Å²) in [5, 5.41) is 0. The lowest BCUT2D eigenvalue weighted by Crippen LogP contribution is -2.80. The summed E-state index contributed by atoms with van der Waals surface area (Å²) >= 11 is 0. The largest absolute Gasteiger partial charge is 0.461 e. The Bertz CT molecular complexity index is 637. The van der Waals surface area contributed by atoms with E-state index >= 15 is 0 Å². The van der Waals surface area contributed by atoms with Crippen LogP contribution in [0.1, 0.15) is 64.2 Å². The van der Waals surface area contributed by atoms with Gasteiger partial charge in [0.25, 0.3) is 0 Å². The molecule has 7 aliphatic rings. The summed E-state index contributed by atoms with van der Waals surface area (Å²) in [5.74, 6) is -1.03. The summed E-state index contributed by atoms with van der Waals surface area (Å²) < 4.78 is 18.2. The van der Waals surface area contributed by atoms with E-state index in [0.29, 0.717) is 6.42 Å². The SMILES string of the molecule is O=C1O[C@H]2C[C@]34C(=O)OC5(CCCCC5)O[C@H]3[C@]23CCCC[C@]134. The van der Waals surface area contributed by atoms with E-state index in [9.17, 15) is 9.59 Å². The average Bonchev–Trinajstić information content (AvgIpc) is 3.06. The van der Waals surface area contributed by atoms with Crippen LogP contribution in [0.15, 0.2) is 0 Å². The second kappa shape index (κ2) is 3.61. The molecular formula is C18H22O5. The molecule has 5 aliphatic carbocycles. The molecule has 7 fully saturated rings. The van der Waals surface area contributed by atoms with Gasteiger partial charge in [0.15, 0.2) is 0 Å². The maximum absolute atomic E-state index is 13.2. The zero-order valence-corrected chi connectivity index (χ0v) is 13.3. The van der Waals surface area contributed by atoms with E-state index in [0.717, 1.165) is 51.4 Å². The topological polar surface area (TPSA) is 61.8 Å². The summed E-state index contributed by atoms with van der Waals surface area (Å²) in [7, 11) is 0. The summed E-state index contributed by atoms with van der Waals surface area (Å²) in [4.78, 5) is 25.9. The lowest BCUT2D eigenvalue weighted by Gasteiger charge is -2.69. The average molecular weight is 318 g/mol. The molecule has 5 saturated carbocycles. The lowest BCUT2D eigenvalue weighted by atomic mass is 9.36. The van der Waals surface area contributed by atoms with Gasteiger partial charge in [0.2, 0.25) is 5.79 Å². The second-order valence-corrected chi connectivity index (χ2v) is 8.58. The van der Waals surface area contributed by atoms with Crippen molar-refractivity contribution in [2.24, 2.45) is 16.2 Å². The van der Waals surface area contributed by atoms with Gasteiger partial charge in [-0.15, -0.1) is 0 Å². The van der Waals surface area contributed by atoms with E-state index in [-0.39, 0.29) is 29.6 Å². The minimum atomic E-state index is -0.740. The first-order chi connectivity index (χ1) is 11.1. The third-order valence-corrected chi connectivity index (χ3v) is 8.13. The molecule has 5 nitrogen and oxygen atoms in total. The number of esters is 2. The molecule has 0 aromatic carbocycles. The Morgan fingerprint density at radius 3 is 2.43 bits per heavy atom. The Hall–Kier alpha value is -1.10. The minimum absolute atomic E-state index is 0.133. The van der Waals surface area contributed by atoms with E-state index in [4.69, 9.17) is 14.2 Å². The summed E-state index contributed by atoms with van der Waals surface area (Å²) in [6.07, 6.45) is 9.02. The molecule has 7 rings (SSSR count). The molecule has 0 aromatic heterocycles. The van der Waals surface area contributed by atoms with Gasteiger partial charge in [-0.05, 0) is 25.7 Å². The number of carbonyl (C=O) groups excluding carboxylic acids is 2. The van der Waals surface area contributed by atoms with Crippen molar-refractivity contribution < 1.29 is 23.8 Å². The van der Waals surface area contributed by atoms with Gasteiger partial charge in [-0.2, -0.15) is 0 Å². The number of carbonyl (C=O) groups is 2. The molecule has 4 bridgehead atoms. The van der Waals surface area contributed by atoms with Crippen molar-refractivity contribution in [2.45, 2.75) is 82.2 Å². The number of ether oxygens (including phenoxy) is 3. The van der Waals surface area contributed by atoms with Crippen LogP contribution in [-0.4, -0.2) is 29.9 Å². The van der Waals surface area contributed by atoms with Gasteiger partial charge in [0, 0.05) is 19.3 Å². The molecule has 5 heteroatoms. The Morgan fingerprint density at radius 2 is 1.61 bits per heavy atom. The van der Waals surface area contributed by atoms with Crippen LogP contribution in [-0.2, 0) is 23.8 Å². The molecule has 2 heterocycles. The molecule has 0 amide bonds. The fourth-order valence-corrected chi connectivity index (χ4v) is 7.42. The molecule has 23 heavy (non-hydrogen) atoms. The molecule has 2 saturated heterocycles. The van der Waals surface area contributed by atoms with Crippen molar-refractivity contribution in [1.82, 2.24) is 0 Å². The molecule has 0 unspecified atom stereocenters. The summed E-state index contributed by atoms with van der Waals surface area (Å²) in [5.41, 5.74) is -1.62. The van der Waals surface area contributed by atoms with E-state index in [1.807, 2.05) is 0 Å². The fourth-order valence-electron chi connectivity index (χ4n) is 7.42. The van der Waals surface area contributed by atoms with E-state index in [1.165, 1.54) is 6.42 Å². The van der Waals surface area contributed by atoms with E-state index in [1.54, 1.807) is 0 Å². The van der Waals surface area contributed by atoms with Crippen molar-refractivity contribution in [3.8, 4) is 0 Å². The van der Waals surface area contributed by atoms with Crippen LogP contribution in [0.4, 0.5) is 0 Å². The molecule has 0 N–H and O–H groups in total. The third kappa shape index (κ3) is 1.04. The second-order valence-electron chi connectivity index (χ2n) is 8.58. The van der Waals surface area contributed by atoms with Crippen molar-refractivity contribution in [3.05, 3.63) is 0 Å². The minimum Gasteiger partial charge on any atom is -0.461 e. The standard InChI is InChI=1S/C18H22O5/c19-13-17-10-11-16(8-4-5-9-18(16,17)14(20)21-11)12(17)22-15(23-13)6-2-1-3-7-15/h11-12H,1-10H2/t11-,12-,16-,17+,18-/m0/s1. The van der Waals surface area contributed by atoms with Crippen LogP contribution >= 0.6 is 0 Å². The first-order valence-electron chi connectivity index (χ1n) is 9.24. The Labute approximate surface area is 135 Å². The molecule has 3 spiro atoms.